The Morgan fingerprint density at radius 2 is 1.79 bits per heavy atom. The number of carbonyl (C=O) groups excluding carboxylic acids is 1. The van der Waals surface area contributed by atoms with Gasteiger partial charge in [-0.05, 0) is 61.2 Å². The van der Waals surface area contributed by atoms with Gasteiger partial charge in [-0.25, -0.2) is 0 Å². The fraction of sp³-hybridized carbons (Fsp3) is 0.217. The van der Waals surface area contributed by atoms with E-state index in [0.717, 1.165) is 38.8 Å². The lowest BCUT2D eigenvalue weighted by Crippen LogP contribution is -2.06. The average Bonchev–Trinajstić information content (AvgIpc) is 3.39. The summed E-state index contributed by atoms with van der Waals surface area (Å²) in [5.41, 5.74) is 4.18. The molecule has 0 radical (unpaired) electrons. The number of oxime groups is 1. The number of aromatic nitrogens is 1. The Kier molecular flexibility index (Phi) is 5.47. The van der Waals surface area contributed by atoms with E-state index in [2.05, 4.69) is 9.72 Å². The Bertz CT molecular complexity index is 1210. The second kappa shape index (κ2) is 8.19. The first kappa shape index (κ1) is 19.4. The van der Waals surface area contributed by atoms with Crippen molar-refractivity contribution < 1.29 is 14.7 Å². The van der Waals surface area contributed by atoms with Crippen LogP contribution in [0.25, 0.3) is 21.8 Å². The standard InChI is InChI=1S/C23H22N2O3S/c1-3-28-11-10-25-20-8-6-16(15(2)24-27)13-18(20)19-14-17(7-9-21(19)25)23(26)22-5-4-12-29-22/h4-9,12-14,27H,3,10-11H2,1-2H3. The molecule has 5 nitrogen and oxygen atoms in total. The van der Waals surface area contributed by atoms with Gasteiger partial charge in [0, 0.05) is 40.5 Å². The van der Waals surface area contributed by atoms with E-state index in [0.29, 0.717) is 24.5 Å². The molecule has 0 saturated heterocycles. The lowest BCUT2D eigenvalue weighted by atomic mass is 10.0. The van der Waals surface area contributed by atoms with Gasteiger partial charge < -0.3 is 14.5 Å². The summed E-state index contributed by atoms with van der Waals surface area (Å²) in [6, 6.07) is 15.6. The smallest absolute Gasteiger partial charge is 0.202 e. The van der Waals surface area contributed by atoms with Crippen molar-refractivity contribution in [1.82, 2.24) is 4.57 Å². The lowest BCUT2D eigenvalue weighted by molar-refractivity contribution is 0.104. The van der Waals surface area contributed by atoms with Crippen LogP contribution in [-0.4, -0.2) is 34.5 Å². The number of nitrogens with zero attached hydrogens (tertiary/aromatic N) is 2. The van der Waals surface area contributed by atoms with Gasteiger partial charge in [0.1, 0.15) is 0 Å². The topological polar surface area (TPSA) is 63.8 Å². The molecule has 4 aromatic rings. The highest BCUT2D eigenvalue weighted by Gasteiger charge is 2.16. The molecule has 2 aromatic carbocycles. The van der Waals surface area contributed by atoms with Crippen LogP contribution in [0.1, 0.15) is 34.6 Å². The van der Waals surface area contributed by atoms with Crippen LogP contribution < -0.4 is 0 Å². The molecule has 29 heavy (non-hydrogen) atoms. The molecule has 2 heterocycles. The zero-order valence-corrected chi connectivity index (χ0v) is 17.2. The monoisotopic (exact) mass is 406 g/mol. The van der Waals surface area contributed by atoms with E-state index in [9.17, 15) is 4.79 Å². The largest absolute Gasteiger partial charge is 0.411 e. The summed E-state index contributed by atoms with van der Waals surface area (Å²) in [5, 5.41) is 16.4. The molecule has 0 amide bonds. The van der Waals surface area contributed by atoms with Gasteiger partial charge in [-0.15, -0.1) is 11.3 Å². The van der Waals surface area contributed by atoms with Crippen molar-refractivity contribution in [3.63, 3.8) is 0 Å². The van der Waals surface area contributed by atoms with Crippen LogP contribution in [0.15, 0.2) is 59.1 Å². The van der Waals surface area contributed by atoms with Crippen molar-refractivity contribution in [1.29, 1.82) is 0 Å². The molecular weight excluding hydrogens is 384 g/mol. The van der Waals surface area contributed by atoms with Crippen molar-refractivity contribution in [2.24, 2.45) is 5.16 Å². The first-order valence-corrected chi connectivity index (χ1v) is 10.4. The van der Waals surface area contributed by atoms with E-state index in [1.165, 1.54) is 11.3 Å². The molecule has 0 saturated carbocycles. The molecule has 148 valence electrons. The third-order valence-corrected chi connectivity index (χ3v) is 5.97. The van der Waals surface area contributed by atoms with E-state index in [-0.39, 0.29) is 5.78 Å². The van der Waals surface area contributed by atoms with Gasteiger partial charge in [0.25, 0.3) is 0 Å². The molecule has 2 aromatic heterocycles. The molecule has 0 fully saturated rings. The summed E-state index contributed by atoms with van der Waals surface area (Å²) in [5.74, 6) is 0.0290. The normalized spacial score (nSPS) is 12.1. The third-order valence-electron chi connectivity index (χ3n) is 5.10. The minimum Gasteiger partial charge on any atom is -0.411 e. The number of thiophene rings is 1. The summed E-state index contributed by atoms with van der Waals surface area (Å²) in [6.45, 7) is 5.76. The van der Waals surface area contributed by atoms with Gasteiger partial charge in [-0.2, -0.15) is 0 Å². The van der Waals surface area contributed by atoms with E-state index in [1.54, 1.807) is 6.92 Å². The van der Waals surface area contributed by atoms with Gasteiger partial charge in [0.05, 0.1) is 17.2 Å². The van der Waals surface area contributed by atoms with Crippen molar-refractivity contribution in [2.75, 3.05) is 13.2 Å². The maximum absolute atomic E-state index is 12.9. The predicted molar refractivity (Wildman–Crippen MR) is 118 cm³/mol. The molecule has 1 N–H and O–H groups in total. The zero-order chi connectivity index (χ0) is 20.4. The van der Waals surface area contributed by atoms with Gasteiger partial charge in [-0.3, -0.25) is 4.79 Å². The molecule has 0 aliphatic heterocycles. The van der Waals surface area contributed by atoms with Crippen molar-refractivity contribution in [2.45, 2.75) is 20.4 Å². The summed E-state index contributed by atoms with van der Waals surface area (Å²) in [7, 11) is 0. The third kappa shape index (κ3) is 3.57. The Labute approximate surface area is 172 Å². The first-order chi connectivity index (χ1) is 14.1. The van der Waals surface area contributed by atoms with Crippen LogP contribution >= 0.6 is 11.3 Å². The summed E-state index contributed by atoms with van der Waals surface area (Å²) < 4.78 is 7.79. The molecule has 6 heteroatoms. The maximum Gasteiger partial charge on any atom is 0.202 e. The molecule has 0 unspecified atom stereocenters. The second-order valence-corrected chi connectivity index (χ2v) is 7.75. The molecule has 0 spiro atoms. The highest BCUT2D eigenvalue weighted by Crippen LogP contribution is 2.31. The van der Waals surface area contributed by atoms with Crippen LogP contribution in [0.3, 0.4) is 0 Å². The number of hydrogen-bond donors (Lipinski definition) is 1. The van der Waals surface area contributed by atoms with E-state index in [4.69, 9.17) is 9.94 Å². The number of rotatable bonds is 7. The fourth-order valence-electron chi connectivity index (χ4n) is 3.62. The van der Waals surface area contributed by atoms with Crippen molar-refractivity contribution in [3.05, 3.63) is 69.9 Å². The number of fused-ring (bicyclic) bond motifs is 3. The molecule has 0 aliphatic carbocycles. The van der Waals surface area contributed by atoms with E-state index in [1.807, 2.05) is 60.8 Å². The first-order valence-electron chi connectivity index (χ1n) is 9.55. The van der Waals surface area contributed by atoms with Crippen molar-refractivity contribution >= 4 is 44.6 Å². The van der Waals surface area contributed by atoms with Gasteiger partial charge >= 0.3 is 0 Å². The number of ketones is 1. The van der Waals surface area contributed by atoms with Crippen molar-refractivity contribution in [3.8, 4) is 0 Å². The van der Waals surface area contributed by atoms with E-state index < -0.39 is 0 Å². The SMILES string of the molecule is CCOCCn1c2ccc(C(=O)c3cccs3)cc2c2cc(C(C)=NO)ccc21. The zero-order valence-electron chi connectivity index (χ0n) is 16.4. The molecule has 4 rings (SSSR count). The van der Waals surface area contributed by atoms with Gasteiger partial charge in [-0.1, -0.05) is 17.3 Å². The maximum atomic E-state index is 12.9. The Balaban J connectivity index is 1.91. The minimum atomic E-state index is 0.0290. The fourth-order valence-corrected chi connectivity index (χ4v) is 4.30. The van der Waals surface area contributed by atoms with Gasteiger partial charge in [0.2, 0.25) is 5.78 Å². The molecule has 0 bridgehead atoms. The van der Waals surface area contributed by atoms with Crippen LogP contribution in [0.4, 0.5) is 0 Å². The predicted octanol–water partition coefficient (Wildman–Crippen LogP) is 5.32. The van der Waals surface area contributed by atoms with Crippen LogP contribution in [0.5, 0.6) is 0 Å². The van der Waals surface area contributed by atoms with Crippen LogP contribution in [0.2, 0.25) is 0 Å². The molecular formula is C23H22N2O3S. The lowest BCUT2D eigenvalue weighted by Gasteiger charge is -2.08. The highest BCUT2D eigenvalue weighted by atomic mass is 32.1. The summed E-state index contributed by atoms with van der Waals surface area (Å²) in [4.78, 5) is 13.6. The molecule has 0 aliphatic rings. The Hall–Kier alpha value is -2.96. The number of carbonyl (C=O) groups is 1. The number of hydrogen-bond acceptors (Lipinski definition) is 5. The van der Waals surface area contributed by atoms with E-state index >= 15 is 0 Å². The molecule has 0 atom stereocenters. The average molecular weight is 407 g/mol. The quantitative estimate of drug-likeness (QED) is 0.148. The minimum absolute atomic E-state index is 0.0290. The highest BCUT2D eigenvalue weighted by molar-refractivity contribution is 7.12. The number of benzene rings is 2. The van der Waals surface area contributed by atoms with Crippen LogP contribution in [0, 0.1) is 0 Å². The van der Waals surface area contributed by atoms with Crippen LogP contribution in [-0.2, 0) is 11.3 Å². The van der Waals surface area contributed by atoms with Gasteiger partial charge in [0.15, 0.2) is 0 Å². The summed E-state index contributed by atoms with van der Waals surface area (Å²) in [6.07, 6.45) is 0. The number of ether oxygens (including phenoxy) is 1. The summed E-state index contributed by atoms with van der Waals surface area (Å²) >= 11 is 1.45. The Morgan fingerprint density at radius 3 is 2.41 bits per heavy atom. The second-order valence-electron chi connectivity index (χ2n) is 6.80. The Morgan fingerprint density at radius 1 is 1.10 bits per heavy atom.